The molecule has 9 heteroatoms. The highest BCUT2D eigenvalue weighted by Gasteiger charge is 2.33. The van der Waals surface area contributed by atoms with E-state index in [2.05, 4.69) is 10.6 Å². The molecule has 0 aromatic carbocycles. The summed E-state index contributed by atoms with van der Waals surface area (Å²) in [7, 11) is -3.76. The highest BCUT2D eigenvalue weighted by atomic mass is 32.2. The molecule has 1 atom stereocenters. The summed E-state index contributed by atoms with van der Waals surface area (Å²) in [4.78, 5) is 24.5. The van der Waals surface area contributed by atoms with Gasteiger partial charge in [-0.1, -0.05) is 31.7 Å². The van der Waals surface area contributed by atoms with E-state index in [4.69, 9.17) is 4.42 Å². The van der Waals surface area contributed by atoms with Crippen molar-refractivity contribution in [3.05, 3.63) is 41.7 Å². The summed E-state index contributed by atoms with van der Waals surface area (Å²) in [6.45, 7) is -0.245. The van der Waals surface area contributed by atoms with Crippen LogP contribution in [0.4, 0.5) is 0 Å². The molecule has 0 unspecified atom stereocenters. The Hall–Kier alpha value is -2.13. The second kappa shape index (κ2) is 9.38. The molecule has 0 spiro atoms. The van der Waals surface area contributed by atoms with E-state index >= 15 is 0 Å². The van der Waals surface area contributed by atoms with E-state index in [0.29, 0.717) is 0 Å². The van der Waals surface area contributed by atoms with Crippen molar-refractivity contribution in [2.75, 3.05) is 6.54 Å². The fraction of sp³-hybridized carbons (Fsp3) is 0.474. The summed E-state index contributed by atoms with van der Waals surface area (Å²) in [5.41, 5.74) is 0. The number of thiophene rings is 1. The summed E-state index contributed by atoms with van der Waals surface area (Å²) >= 11 is 1.10. The van der Waals surface area contributed by atoms with Crippen LogP contribution in [-0.4, -0.2) is 32.8 Å². The van der Waals surface area contributed by atoms with Crippen molar-refractivity contribution >= 4 is 33.0 Å². The Bertz CT molecular complexity index is 868. The first kappa shape index (κ1) is 20.6. The van der Waals surface area contributed by atoms with Gasteiger partial charge in [0.05, 0.1) is 6.26 Å². The predicted molar refractivity (Wildman–Crippen MR) is 106 cm³/mol. The Balaban J connectivity index is 1.65. The molecule has 1 saturated carbocycles. The van der Waals surface area contributed by atoms with Gasteiger partial charge in [0.1, 0.15) is 15.2 Å². The van der Waals surface area contributed by atoms with Crippen LogP contribution in [0.5, 0.6) is 0 Å². The molecule has 28 heavy (non-hydrogen) atoms. The number of furan rings is 1. The normalized spacial score (nSPS) is 16.9. The fourth-order valence-corrected chi connectivity index (χ4v) is 6.13. The summed E-state index contributed by atoms with van der Waals surface area (Å²) in [6.07, 6.45) is 7.46. The van der Waals surface area contributed by atoms with E-state index in [-0.39, 0.29) is 22.6 Å². The average molecular weight is 425 g/mol. The second-order valence-electron chi connectivity index (χ2n) is 6.85. The van der Waals surface area contributed by atoms with Gasteiger partial charge in [-0.2, -0.15) is 0 Å². The van der Waals surface area contributed by atoms with Crippen molar-refractivity contribution < 1.29 is 22.4 Å². The van der Waals surface area contributed by atoms with E-state index in [0.717, 1.165) is 49.9 Å². The SMILES string of the molecule is O=C(NC[C@H](c1ccco1)S(=O)(=O)c1cccs1)C(=O)NC1CCCCCC1. The number of carbonyl (C=O) groups is 2. The molecule has 2 aromatic rings. The zero-order chi connectivity index (χ0) is 20.0. The molecule has 0 saturated heterocycles. The number of sulfone groups is 1. The highest BCUT2D eigenvalue weighted by molar-refractivity contribution is 7.93. The monoisotopic (exact) mass is 424 g/mol. The molecule has 2 N–H and O–H groups in total. The molecule has 0 bridgehead atoms. The minimum Gasteiger partial charge on any atom is -0.468 e. The largest absolute Gasteiger partial charge is 0.468 e. The molecular formula is C19H24N2O5S2. The molecule has 2 aromatic heterocycles. The van der Waals surface area contributed by atoms with Gasteiger partial charge in [-0.3, -0.25) is 9.59 Å². The first-order chi connectivity index (χ1) is 13.5. The lowest BCUT2D eigenvalue weighted by molar-refractivity contribution is -0.139. The molecule has 1 aliphatic carbocycles. The van der Waals surface area contributed by atoms with E-state index in [1.807, 2.05) is 0 Å². The quantitative estimate of drug-likeness (QED) is 0.548. The summed E-state index contributed by atoms with van der Waals surface area (Å²) in [6, 6.07) is 6.29. The number of amides is 2. The van der Waals surface area contributed by atoms with E-state index in [1.54, 1.807) is 23.6 Å². The van der Waals surface area contributed by atoms with Crippen molar-refractivity contribution in [2.24, 2.45) is 0 Å². The maximum atomic E-state index is 12.9. The van der Waals surface area contributed by atoms with Crippen LogP contribution in [0, 0.1) is 0 Å². The molecule has 0 aliphatic heterocycles. The zero-order valence-corrected chi connectivity index (χ0v) is 17.1. The number of nitrogens with one attached hydrogen (secondary N) is 2. The third-order valence-electron chi connectivity index (χ3n) is 4.86. The van der Waals surface area contributed by atoms with Crippen molar-refractivity contribution in [3.63, 3.8) is 0 Å². The third-order valence-corrected chi connectivity index (χ3v) is 8.35. The third kappa shape index (κ3) is 5.02. The van der Waals surface area contributed by atoms with E-state index < -0.39 is 26.9 Å². The van der Waals surface area contributed by atoms with Crippen LogP contribution in [0.3, 0.4) is 0 Å². The summed E-state index contributed by atoms with van der Waals surface area (Å²) < 4.78 is 31.3. The predicted octanol–water partition coefficient (Wildman–Crippen LogP) is 2.81. The van der Waals surface area contributed by atoms with Crippen molar-refractivity contribution in [3.8, 4) is 0 Å². The Morgan fingerprint density at radius 3 is 2.46 bits per heavy atom. The van der Waals surface area contributed by atoms with Crippen LogP contribution in [0.25, 0.3) is 0 Å². The summed E-state index contributed by atoms with van der Waals surface area (Å²) in [5.74, 6) is -1.33. The minimum absolute atomic E-state index is 0.00327. The molecule has 0 radical (unpaired) electrons. The lowest BCUT2D eigenvalue weighted by Gasteiger charge is -2.18. The maximum Gasteiger partial charge on any atom is 0.309 e. The number of hydrogen-bond acceptors (Lipinski definition) is 6. The zero-order valence-electron chi connectivity index (χ0n) is 15.4. The van der Waals surface area contributed by atoms with E-state index in [1.165, 1.54) is 12.3 Å². The Labute approximate surface area is 168 Å². The molecule has 2 heterocycles. The smallest absolute Gasteiger partial charge is 0.309 e. The summed E-state index contributed by atoms with van der Waals surface area (Å²) in [5, 5.41) is 5.79. The van der Waals surface area contributed by atoms with Crippen LogP contribution in [0.15, 0.2) is 44.5 Å². The van der Waals surface area contributed by atoms with Crippen LogP contribution < -0.4 is 10.6 Å². The molecule has 7 nitrogen and oxygen atoms in total. The number of carbonyl (C=O) groups excluding carboxylic acids is 2. The molecular weight excluding hydrogens is 400 g/mol. The molecule has 2 amide bonds. The molecule has 1 aliphatic rings. The first-order valence-corrected chi connectivity index (χ1v) is 11.8. The van der Waals surface area contributed by atoms with Gasteiger partial charge in [0.15, 0.2) is 9.84 Å². The van der Waals surface area contributed by atoms with Crippen LogP contribution in [0.2, 0.25) is 0 Å². The maximum absolute atomic E-state index is 12.9. The van der Waals surface area contributed by atoms with Gasteiger partial charge in [-0.25, -0.2) is 8.42 Å². The molecule has 1 fully saturated rings. The lowest BCUT2D eigenvalue weighted by atomic mass is 10.1. The standard InChI is InChI=1S/C19H24N2O5S2/c22-18(19(23)21-14-7-3-1-2-4-8-14)20-13-16(15-9-5-11-26-15)28(24,25)17-10-6-12-27-17/h5-6,9-12,14,16H,1-4,7-8,13H2,(H,20,22)(H,21,23)/t16-/m1/s1. The number of hydrogen-bond donors (Lipinski definition) is 2. The van der Waals surface area contributed by atoms with Gasteiger partial charge in [-0.15, -0.1) is 11.3 Å². The lowest BCUT2D eigenvalue weighted by Crippen LogP contribution is -2.45. The minimum atomic E-state index is -3.76. The Morgan fingerprint density at radius 1 is 1.11 bits per heavy atom. The van der Waals surface area contributed by atoms with Crippen LogP contribution >= 0.6 is 11.3 Å². The van der Waals surface area contributed by atoms with Gasteiger partial charge in [0.2, 0.25) is 0 Å². The second-order valence-corrected chi connectivity index (χ2v) is 10.2. The number of rotatable bonds is 6. The van der Waals surface area contributed by atoms with Crippen molar-refractivity contribution in [1.29, 1.82) is 0 Å². The van der Waals surface area contributed by atoms with Crippen LogP contribution in [0.1, 0.15) is 49.5 Å². The van der Waals surface area contributed by atoms with Crippen LogP contribution in [-0.2, 0) is 19.4 Å². The van der Waals surface area contributed by atoms with Gasteiger partial charge < -0.3 is 15.1 Å². The molecule has 3 rings (SSSR count). The van der Waals surface area contributed by atoms with Gasteiger partial charge in [0.25, 0.3) is 0 Å². The average Bonchev–Trinajstić information content (AvgIpc) is 3.34. The molecule has 152 valence electrons. The first-order valence-electron chi connectivity index (χ1n) is 9.38. The Kier molecular flexibility index (Phi) is 6.90. The topological polar surface area (TPSA) is 105 Å². The van der Waals surface area contributed by atoms with Gasteiger partial charge >= 0.3 is 11.8 Å². The van der Waals surface area contributed by atoms with Gasteiger partial charge in [0, 0.05) is 12.6 Å². The van der Waals surface area contributed by atoms with Crippen molar-refractivity contribution in [1.82, 2.24) is 10.6 Å². The van der Waals surface area contributed by atoms with Gasteiger partial charge in [-0.05, 0) is 36.4 Å². The fourth-order valence-electron chi connectivity index (χ4n) is 3.34. The Morgan fingerprint density at radius 2 is 1.86 bits per heavy atom. The highest BCUT2D eigenvalue weighted by Crippen LogP contribution is 2.31. The van der Waals surface area contributed by atoms with E-state index in [9.17, 15) is 18.0 Å². The van der Waals surface area contributed by atoms with Crippen molar-refractivity contribution in [2.45, 2.75) is 54.0 Å².